The second kappa shape index (κ2) is 7.42. The molecule has 0 atom stereocenters. The molecular formula is C21H24N4. The van der Waals surface area contributed by atoms with Gasteiger partial charge in [-0.25, -0.2) is 4.98 Å². The molecule has 128 valence electrons. The lowest BCUT2D eigenvalue weighted by Gasteiger charge is -2.21. The number of anilines is 1. The van der Waals surface area contributed by atoms with Crippen molar-refractivity contribution in [2.75, 3.05) is 39.1 Å². The van der Waals surface area contributed by atoms with E-state index in [1.165, 1.54) is 5.69 Å². The average molecular weight is 332 g/mol. The number of hydrogen-bond donors (Lipinski definition) is 1. The molecule has 0 amide bonds. The zero-order valence-corrected chi connectivity index (χ0v) is 15.3. The Hall–Kier alpha value is -2.77. The summed E-state index contributed by atoms with van der Waals surface area (Å²) in [7, 11) is 6.30. The van der Waals surface area contributed by atoms with Gasteiger partial charge in [-0.05, 0) is 68.9 Å². The number of rotatable bonds is 4. The minimum atomic E-state index is 0.882. The van der Waals surface area contributed by atoms with Gasteiger partial charge in [0.2, 0.25) is 0 Å². The van der Waals surface area contributed by atoms with Gasteiger partial charge < -0.3 is 14.8 Å². The van der Waals surface area contributed by atoms with E-state index >= 15 is 0 Å². The summed E-state index contributed by atoms with van der Waals surface area (Å²) in [6, 6.07) is 12.5. The minimum absolute atomic E-state index is 0.882. The number of H-pyrrole nitrogens is 1. The third-order valence-electron chi connectivity index (χ3n) is 4.14. The van der Waals surface area contributed by atoms with Crippen molar-refractivity contribution in [3.8, 4) is 11.8 Å². The van der Waals surface area contributed by atoms with Crippen molar-refractivity contribution in [1.82, 2.24) is 14.9 Å². The van der Waals surface area contributed by atoms with Crippen molar-refractivity contribution in [3.63, 3.8) is 0 Å². The van der Waals surface area contributed by atoms with Gasteiger partial charge in [-0.3, -0.25) is 0 Å². The molecule has 2 heterocycles. The Kier molecular flexibility index (Phi) is 5.06. The molecule has 0 radical (unpaired) electrons. The molecule has 3 aromatic rings. The van der Waals surface area contributed by atoms with E-state index in [9.17, 15) is 0 Å². The number of aryl methyl sites for hydroxylation is 1. The van der Waals surface area contributed by atoms with E-state index in [2.05, 4.69) is 83.1 Å². The molecule has 3 rings (SSSR count). The first-order valence-electron chi connectivity index (χ1n) is 8.44. The van der Waals surface area contributed by atoms with E-state index in [1.807, 2.05) is 19.2 Å². The summed E-state index contributed by atoms with van der Waals surface area (Å²) in [6.45, 7) is 4.08. The summed E-state index contributed by atoms with van der Waals surface area (Å²) in [6.07, 6.45) is 1.86. The summed E-state index contributed by atoms with van der Waals surface area (Å²) < 4.78 is 0. The topological polar surface area (TPSA) is 35.2 Å². The van der Waals surface area contributed by atoms with E-state index in [-0.39, 0.29) is 0 Å². The minimum Gasteiger partial charge on any atom is -0.373 e. The molecule has 1 N–H and O–H groups in total. The molecule has 0 aliphatic heterocycles. The van der Waals surface area contributed by atoms with Crippen LogP contribution in [0.15, 0.2) is 42.6 Å². The highest BCUT2D eigenvalue weighted by Gasteiger charge is 2.02. The number of fused-ring (bicyclic) bond motifs is 1. The van der Waals surface area contributed by atoms with Gasteiger partial charge in [0, 0.05) is 43.0 Å². The van der Waals surface area contributed by atoms with Crippen LogP contribution < -0.4 is 4.90 Å². The number of hydrogen-bond acceptors (Lipinski definition) is 3. The fraction of sp³-hybridized carbons (Fsp3) is 0.286. The molecule has 0 aliphatic carbocycles. The Labute approximate surface area is 149 Å². The number of nitrogens with zero attached hydrogens (tertiary/aromatic N) is 3. The zero-order chi connectivity index (χ0) is 17.8. The fourth-order valence-corrected chi connectivity index (χ4v) is 2.61. The van der Waals surface area contributed by atoms with E-state index < -0.39 is 0 Å². The highest BCUT2D eigenvalue weighted by Crippen LogP contribution is 2.15. The molecule has 0 saturated heterocycles. The lowest BCUT2D eigenvalue weighted by atomic mass is 10.2. The fourth-order valence-electron chi connectivity index (χ4n) is 2.61. The van der Waals surface area contributed by atoms with Crippen LogP contribution in [0.2, 0.25) is 0 Å². The van der Waals surface area contributed by atoms with E-state index in [0.717, 1.165) is 40.9 Å². The third kappa shape index (κ3) is 4.40. The molecule has 25 heavy (non-hydrogen) atoms. The van der Waals surface area contributed by atoms with Gasteiger partial charge in [-0.1, -0.05) is 5.92 Å². The van der Waals surface area contributed by atoms with Gasteiger partial charge in [-0.15, -0.1) is 0 Å². The maximum atomic E-state index is 4.38. The normalized spacial score (nSPS) is 10.8. The van der Waals surface area contributed by atoms with Crippen LogP contribution in [0.25, 0.3) is 11.0 Å². The average Bonchev–Trinajstić information content (AvgIpc) is 3.00. The van der Waals surface area contributed by atoms with Crippen LogP contribution in [0.3, 0.4) is 0 Å². The van der Waals surface area contributed by atoms with Crippen LogP contribution in [0.5, 0.6) is 0 Å². The maximum Gasteiger partial charge on any atom is 0.138 e. The first-order chi connectivity index (χ1) is 12.0. The number of aromatic amines is 1. The zero-order valence-electron chi connectivity index (χ0n) is 15.3. The van der Waals surface area contributed by atoms with Crippen molar-refractivity contribution in [3.05, 3.63) is 59.4 Å². The van der Waals surface area contributed by atoms with Gasteiger partial charge in [-0.2, -0.15) is 0 Å². The Morgan fingerprint density at radius 2 is 1.76 bits per heavy atom. The molecule has 1 aromatic carbocycles. The van der Waals surface area contributed by atoms with E-state index in [4.69, 9.17) is 0 Å². The maximum absolute atomic E-state index is 4.38. The van der Waals surface area contributed by atoms with E-state index in [1.54, 1.807) is 0 Å². The van der Waals surface area contributed by atoms with Crippen LogP contribution >= 0.6 is 0 Å². The van der Waals surface area contributed by atoms with Crippen LogP contribution in [-0.2, 0) is 0 Å². The number of pyridine rings is 1. The SMILES string of the molecule is Cc1cnc2[nH]c(C#Cc3ccc(N(C)CCN(C)C)cc3)cc2c1. The van der Waals surface area contributed by atoms with Crippen molar-refractivity contribution < 1.29 is 0 Å². The third-order valence-corrected chi connectivity index (χ3v) is 4.14. The van der Waals surface area contributed by atoms with Crippen molar-refractivity contribution >= 4 is 16.7 Å². The largest absolute Gasteiger partial charge is 0.373 e. The molecule has 4 nitrogen and oxygen atoms in total. The van der Waals surface area contributed by atoms with Gasteiger partial charge in [0.05, 0.1) is 5.69 Å². The van der Waals surface area contributed by atoms with Gasteiger partial charge in [0.1, 0.15) is 5.65 Å². The highest BCUT2D eigenvalue weighted by molar-refractivity contribution is 5.78. The summed E-state index contributed by atoms with van der Waals surface area (Å²) in [5, 5.41) is 1.10. The molecule has 0 aliphatic rings. The van der Waals surface area contributed by atoms with Gasteiger partial charge >= 0.3 is 0 Å². The van der Waals surface area contributed by atoms with E-state index in [0.29, 0.717) is 0 Å². The molecule has 0 saturated carbocycles. The Morgan fingerprint density at radius 3 is 2.48 bits per heavy atom. The monoisotopic (exact) mass is 332 g/mol. The first-order valence-corrected chi connectivity index (χ1v) is 8.44. The standard InChI is InChI=1S/C21H24N4/c1-16-13-18-14-19(23-21(18)22-15-16)8-5-17-6-9-20(10-7-17)25(4)12-11-24(2)3/h6-7,9-10,13-15H,11-12H2,1-4H3,(H,22,23). The second-order valence-corrected chi connectivity index (χ2v) is 6.66. The Morgan fingerprint density at radius 1 is 1.00 bits per heavy atom. The molecule has 0 spiro atoms. The number of aromatic nitrogens is 2. The predicted octanol–water partition coefficient (Wildman–Crippen LogP) is 3.27. The van der Waals surface area contributed by atoms with Gasteiger partial charge in [0.15, 0.2) is 0 Å². The summed E-state index contributed by atoms with van der Waals surface area (Å²) in [4.78, 5) is 12.1. The summed E-state index contributed by atoms with van der Waals surface area (Å²) >= 11 is 0. The van der Waals surface area contributed by atoms with Crippen LogP contribution in [0.1, 0.15) is 16.8 Å². The summed E-state index contributed by atoms with van der Waals surface area (Å²) in [5.41, 5.74) is 5.14. The first kappa shape index (κ1) is 17.1. The smallest absolute Gasteiger partial charge is 0.138 e. The highest BCUT2D eigenvalue weighted by atomic mass is 15.1. The molecular weight excluding hydrogens is 308 g/mol. The second-order valence-electron chi connectivity index (χ2n) is 6.66. The molecule has 4 heteroatoms. The quantitative estimate of drug-likeness (QED) is 0.745. The lowest BCUT2D eigenvalue weighted by Crippen LogP contribution is -2.28. The number of nitrogens with one attached hydrogen (secondary N) is 1. The molecule has 2 aromatic heterocycles. The van der Waals surface area contributed by atoms with Gasteiger partial charge in [0.25, 0.3) is 0 Å². The number of benzene rings is 1. The Balaban J connectivity index is 1.71. The summed E-state index contributed by atoms with van der Waals surface area (Å²) in [5.74, 6) is 6.41. The van der Waals surface area contributed by atoms with Crippen molar-refractivity contribution in [1.29, 1.82) is 0 Å². The van der Waals surface area contributed by atoms with Crippen molar-refractivity contribution in [2.24, 2.45) is 0 Å². The van der Waals surface area contributed by atoms with Crippen LogP contribution in [0.4, 0.5) is 5.69 Å². The molecule has 0 bridgehead atoms. The number of likely N-dealkylation sites (N-methyl/N-ethyl adjacent to an activating group) is 2. The lowest BCUT2D eigenvalue weighted by molar-refractivity contribution is 0.416. The molecule has 0 unspecified atom stereocenters. The predicted molar refractivity (Wildman–Crippen MR) is 105 cm³/mol. The molecule has 0 fully saturated rings. The Bertz CT molecular complexity index is 910. The van der Waals surface area contributed by atoms with Crippen LogP contribution in [0, 0.1) is 18.8 Å². The van der Waals surface area contributed by atoms with Crippen molar-refractivity contribution in [2.45, 2.75) is 6.92 Å². The van der Waals surface area contributed by atoms with Crippen LogP contribution in [-0.4, -0.2) is 49.1 Å².